The Balaban J connectivity index is 1.51. The minimum atomic E-state index is -1.99. The summed E-state index contributed by atoms with van der Waals surface area (Å²) >= 11 is 0. The number of aliphatic hydroxyl groups is 3. The third-order valence-corrected chi connectivity index (χ3v) is 18.1. The molecule has 0 bridgehead atoms. The van der Waals surface area contributed by atoms with Crippen LogP contribution in [0.5, 0.6) is 5.75 Å². The number of carboxylic acids is 3. The van der Waals surface area contributed by atoms with E-state index in [1.54, 1.807) is 58.0 Å². The predicted octanol–water partition coefficient (Wildman–Crippen LogP) is -5.21. The Labute approximate surface area is 640 Å². The summed E-state index contributed by atoms with van der Waals surface area (Å²) in [4.78, 5) is 232. The molecule has 4 rings (SSSR count). The molecule has 14 amide bonds. The Kier molecular flexibility index (Phi) is 38.4. The first-order valence-electron chi connectivity index (χ1n) is 36.7. The number of benzene rings is 2. The summed E-state index contributed by atoms with van der Waals surface area (Å²) in [6.45, 7) is 7.13. The molecule has 111 heavy (non-hydrogen) atoms. The van der Waals surface area contributed by atoms with Crippen molar-refractivity contribution in [1.29, 1.82) is 0 Å². The van der Waals surface area contributed by atoms with Crippen LogP contribution in [-0.4, -0.2) is 264 Å². The first-order valence-corrected chi connectivity index (χ1v) is 36.7. The zero-order chi connectivity index (χ0) is 82.9. The van der Waals surface area contributed by atoms with Crippen LogP contribution in [0.15, 0.2) is 54.6 Å². The number of amides is 14. The number of aliphatic hydroxyl groups excluding tert-OH is 3. The number of hydrogen-bond acceptors (Lipinski definition) is 23. The Morgan fingerprint density at radius 2 is 0.883 bits per heavy atom. The van der Waals surface area contributed by atoms with Gasteiger partial charge in [0.2, 0.25) is 82.7 Å². The Morgan fingerprint density at radius 3 is 1.37 bits per heavy atom. The lowest BCUT2D eigenvalue weighted by molar-refractivity contribution is -0.148. The van der Waals surface area contributed by atoms with Gasteiger partial charge in [-0.1, -0.05) is 70.2 Å². The largest absolute Gasteiger partial charge is 0.508 e. The van der Waals surface area contributed by atoms with Gasteiger partial charge in [-0.15, -0.1) is 0 Å². The van der Waals surface area contributed by atoms with Crippen molar-refractivity contribution in [2.75, 3.05) is 32.8 Å². The SMILES string of the molecule is CC(C)C[C@H](NC(=O)[C@H](C)NC(=O)[C@@H]1CCCN1C(=O)[C@H](Cc1ccc(O)cc1)NC(=O)[C@H](CC(C)C)NC(=O)[C@H](CO)NC(=O)[C@H](CO)NC(=O)[C@H](CC(=O)O)NC(=O)[C@H](CCCCN)N1C(=O)CCC1=O)C(=O)N[C@H](C(=O)N[C@@H](Cc1ccccc1)C(=O)N[C@@H](CC(=O)O)C(=O)N[C@@H](CCCCN)C(=O)O)[C@@H](C)O. The molecule has 0 unspecified atom stereocenters. The number of aromatic hydroxyl groups is 1. The van der Waals surface area contributed by atoms with Gasteiger partial charge in [0.25, 0.3) is 0 Å². The molecular weight excluding hydrogens is 1460 g/mol. The average molecular weight is 1570 g/mol. The van der Waals surface area contributed by atoms with Crippen LogP contribution in [0, 0.1) is 11.8 Å². The molecule has 0 radical (unpaired) electrons. The smallest absolute Gasteiger partial charge is 0.326 e. The number of hydrogen-bond donors (Lipinski definition) is 20. The maximum absolute atomic E-state index is 14.9. The van der Waals surface area contributed by atoms with Gasteiger partial charge in [-0.05, 0) is 126 Å². The van der Waals surface area contributed by atoms with Crippen molar-refractivity contribution >= 4 is 101 Å². The van der Waals surface area contributed by atoms with E-state index < -0.39 is 211 Å². The number of carboxylic acid groups (broad SMARTS) is 3. The Hall–Kier alpha value is -10.8. The lowest BCUT2D eigenvalue weighted by atomic mass is 10.00. The fourth-order valence-electron chi connectivity index (χ4n) is 12.2. The summed E-state index contributed by atoms with van der Waals surface area (Å²) in [5.74, 6) is -19.9. The highest BCUT2D eigenvalue weighted by molar-refractivity contribution is 6.07. The predicted molar refractivity (Wildman–Crippen MR) is 391 cm³/mol. The van der Waals surface area contributed by atoms with Crippen LogP contribution < -0.4 is 70.0 Å². The summed E-state index contributed by atoms with van der Waals surface area (Å²) in [6, 6.07) is -7.93. The number of nitrogens with one attached hydrogen (secondary N) is 11. The van der Waals surface area contributed by atoms with Crippen LogP contribution in [0.2, 0.25) is 0 Å². The maximum atomic E-state index is 14.9. The third kappa shape index (κ3) is 30.2. The summed E-state index contributed by atoms with van der Waals surface area (Å²) in [5.41, 5.74) is 11.9. The van der Waals surface area contributed by atoms with Gasteiger partial charge in [-0.2, -0.15) is 0 Å². The Bertz CT molecular complexity index is 3570. The molecular formula is C72H107N15O24. The van der Waals surface area contributed by atoms with Gasteiger partial charge in [0.05, 0.1) is 32.2 Å². The zero-order valence-corrected chi connectivity index (χ0v) is 62.9. The lowest BCUT2D eigenvalue weighted by Gasteiger charge is -2.31. The number of unbranched alkanes of at least 4 members (excludes halogenated alkanes) is 2. The average Bonchev–Trinajstić information content (AvgIpc) is 1.73. The maximum Gasteiger partial charge on any atom is 0.326 e. The first kappa shape index (κ1) is 92.6. The molecule has 0 spiro atoms. The molecule has 614 valence electrons. The molecule has 2 aromatic rings. The van der Waals surface area contributed by atoms with E-state index in [9.17, 15) is 117 Å². The standard InChI is InChI=1S/C72H107N15O24/c1-37(2)29-45(78-66(104)51(35-88)84-67(105)52(36-89)83-64(102)49(34-58(96)97)80-69(107)54(18-11-13-27-74)87-55(92)24-25-56(87)93)61(99)82-50(32-42-20-22-43(91)23-21-42)71(109)86-28-14-19-53(86)68(106)75-39(5)60(98)77-46(30-38(3)4)65(103)85-59(40(6)90)70(108)81-47(31-41-15-8-7-9-16-41)62(100)79-48(33-57(94)95)63(101)76-44(72(110)111)17-10-12-26-73/h7-9,15-16,20-23,37-40,44-54,59,88-91H,10-14,17-19,24-36,73-74H2,1-6H3,(H,75,106)(H,76,101)(H,77,98)(H,78,104)(H,79,100)(H,80,107)(H,81,108)(H,82,99)(H,83,102)(H,84,105)(H,85,103)(H,94,95)(H,96,97)(H,110,111)/t39-,40+,44-,45-,46-,47-,48-,49-,50-,51-,52-,53-,54-,59-/m0/s1. The quantitative estimate of drug-likeness (QED) is 0.0217. The lowest BCUT2D eigenvalue weighted by Crippen LogP contribution is -2.62. The molecule has 14 atom stereocenters. The number of likely N-dealkylation sites (tertiary alicyclic amines) is 2. The second-order valence-corrected chi connectivity index (χ2v) is 28.2. The van der Waals surface area contributed by atoms with Crippen LogP contribution in [0.25, 0.3) is 0 Å². The summed E-state index contributed by atoms with van der Waals surface area (Å²) < 4.78 is 0. The van der Waals surface area contributed by atoms with Crippen molar-refractivity contribution in [3.8, 4) is 5.75 Å². The van der Waals surface area contributed by atoms with Crippen molar-refractivity contribution in [3.05, 3.63) is 65.7 Å². The fraction of sp³-hybridized carbons (Fsp3) is 0.597. The van der Waals surface area contributed by atoms with Crippen LogP contribution in [-0.2, 0) is 94.3 Å². The Morgan fingerprint density at radius 1 is 0.468 bits per heavy atom. The van der Waals surface area contributed by atoms with Crippen LogP contribution in [0.3, 0.4) is 0 Å². The topological polar surface area (TPSA) is 623 Å². The van der Waals surface area contributed by atoms with Gasteiger partial charge in [-0.3, -0.25) is 81.6 Å². The molecule has 2 saturated heterocycles. The molecule has 39 nitrogen and oxygen atoms in total. The van der Waals surface area contributed by atoms with Crippen molar-refractivity contribution in [2.45, 2.75) is 229 Å². The summed E-state index contributed by atoms with van der Waals surface area (Å²) in [6.07, 6.45) is -3.63. The monoisotopic (exact) mass is 1570 g/mol. The van der Waals surface area contributed by atoms with Crippen LogP contribution in [0.4, 0.5) is 0 Å². The molecule has 2 fully saturated rings. The van der Waals surface area contributed by atoms with Gasteiger partial charge < -0.3 is 111 Å². The molecule has 0 aromatic heterocycles. The van der Waals surface area contributed by atoms with Crippen molar-refractivity contribution in [1.82, 2.24) is 68.3 Å². The number of imide groups is 1. The molecule has 2 aliphatic heterocycles. The van der Waals surface area contributed by atoms with Gasteiger partial charge >= 0.3 is 17.9 Å². The van der Waals surface area contributed by atoms with Gasteiger partial charge in [0, 0.05) is 32.2 Å². The molecule has 0 saturated carbocycles. The van der Waals surface area contributed by atoms with Crippen molar-refractivity contribution in [3.63, 3.8) is 0 Å². The number of carbonyl (C=O) groups is 17. The highest BCUT2D eigenvalue weighted by atomic mass is 16.4. The molecule has 22 N–H and O–H groups in total. The van der Waals surface area contributed by atoms with E-state index in [-0.39, 0.29) is 114 Å². The van der Waals surface area contributed by atoms with E-state index in [0.29, 0.717) is 24.0 Å². The molecule has 2 heterocycles. The van der Waals surface area contributed by atoms with Crippen LogP contribution in [0.1, 0.15) is 143 Å². The molecule has 39 heteroatoms. The van der Waals surface area contributed by atoms with E-state index in [2.05, 4.69) is 58.5 Å². The minimum Gasteiger partial charge on any atom is -0.508 e. The first-order chi connectivity index (χ1) is 52.4. The highest BCUT2D eigenvalue weighted by Crippen LogP contribution is 2.23. The number of rotatable bonds is 48. The molecule has 2 aliphatic rings. The second-order valence-electron chi connectivity index (χ2n) is 28.2. The van der Waals surface area contributed by atoms with E-state index in [4.69, 9.17) is 11.5 Å². The molecule has 2 aromatic carbocycles. The number of aliphatic carboxylic acids is 3. The van der Waals surface area contributed by atoms with E-state index in [0.717, 1.165) is 16.7 Å². The van der Waals surface area contributed by atoms with E-state index in [1.807, 2.05) is 0 Å². The number of carbonyl (C=O) groups excluding carboxylic acids is 14. The van der Waals surface area contributed by atoms with Crippen LogP contribution >= 0.6 is 0 Å². The third-order valence-electron chi connectivity index (χ3n) is 18.1. The number of phenolic OH excluding ortho intramolecular Hbond substituents is 1. The molecule has 0 aliphatic carbocycles. The minimum absolute atomic E-state index is 0.0322. The zero-order valence-electron chi connectivity index (χ0n) is 62.9. The van der Waals surface area contributed by atoms with Gasteiger partial charge in [0.1, 0.15) is 84.3 Å². The summed E-state index contributed by atoms with van der Waals surface area (Å²) in [7, 11) is 0. The van der Waals surface area contributed by atoms with E-state index in [1.165, 1.54) is 31.2 Å². The van der Waals surface area contributed by atoms with Crippen molar-refractivity contribution in [2.24, 2.45) is 23.3 Å². The van der Waals surface area contributed by atoms with Crippen molar-refractivity contribution < 1.29 is 117 Å². The number of phenols is 1. The number of nitrogens with zero attached hydrogens (tertiary/aromatic N) is 2. The van der Waals surface area contributed by atoms with Gasteiger partial charge in [-0.25, -0.2) is 4.79 Å². The van der Waals surface area contributed by atoms with Gasteiger partial charge in [0.15, 0.2) is 0 Å². The summed E-state index contributed by atoms with van der Waals surface area (Å²) in [5, 5.41) is 97.1. The number of nitrogens with two attached hydrogens (primary N) is 2. The highest BCUT2D eigenvalue weighted by Gasteiger charge is 2.44. The normalized spacial score (nSPS) is 16.9. The fourth-order valence-corrected chi connectivity index (χ4v) is 12.2. The second kappa shape index (κ2) is 46.0. The van der Waals surface area contributed by atoms with E-state index >= 15 is 0 Å².